The molecular formula is C23H16FN. The van der Waals surface area contributed by atoms with E-state index in [-0.39, 0.29) is 5.82 Å². The topological polar surface area (TPSA) is 12.9 Å². The maximum atomic E-state index is 13.3. The number of hydrogen-bond donors (Lipinski definition) is 0. The van der Waals surface area contributed by atoms with E-state index in [0.29, 0.717) is 0 Å². The maximum Gasteiger partial charge on any atom is 0.123 e. The predicted octanol–water partition coefficient (Wildman–Crippen LogP) is 6.22. The SMILES string of the molecule is Fc1ccc(-c2ccc(-c3ccccc3)nc2-c2ccccc2)cc1. The fraction of sp³-hybridized carbons (Fsp3) is 0. The zero-order valence-corrected chi connectivity index (χ0v) is 13.6. The second-order valence-corrected chi connectivity index (χ2v) is 5.83. The van der Waals surface area contributed by atoms with Crippen molar-refractivity contribution in [3.05, 3.63) is 103 Å². The van der Waals surface area contributed by atoms with Crippen LogP contribution in [0, 0.1) is 5.82 Å². The molecule has 1 aromatic heterocycles. The highest BCUT2D eigenvalue weighted by molar-refractivity contribution is 5.82. The van der Waals surface area contributed by atoms with Crippen LogP contribution in [0.1, 0.15) is 0 Å². The average molecular weight is 325 g/mol. The summed E-state index contributed by atoms with van der Waals surface area (Å²) in [4.78, 5) is 4.92. The van der Waals surface area contributed by atoms with Crippen molar-refractivity contribution in [3.63, 3.8) is 0 Å². The standard InChI is InChI=1S/C23H16FN/c24-20-13-11-17(12-14-20)21-15-16-22(18-7-3-1-4-8-18)25-23(21)19-9-5-2-6-10-19/h1-16H. The molecule has 0 aliphatic heterocycles. The first-order valence-corrected chi connectivity index (χ1v) is 8.19. The molecule has 0 bridgehead atoms. The summed E-state index contributed by atoms with van der Waals surface area (Å²) in [5.74, 6) is -0.237. The Kier molecular flexibility index (Phi) is 4.09. The molecule has 0 fully saturated rings. The lowest BCUT2D eigenvalue weighted by atomic mass is 9.98. The van der Waals surface area contributed by atoms with Crippen LogP contribution < -0.4 is 0 Å². The van der Waals surface area contributed by atoms with E-state index in [1.165, 1.54) is 12.1 Å². The molecule has 0 saturated carbocycles. The smallest absolute Gasteiger partial charge is 0.123 e. The lowest BCUT2D eigenvalue weighted by Crippen LogP contribution is -1.92. The van der Waals surface area contributed by atoms with Crippen molar-refractivity contribution in [3.8, 4) is 33.6 Å². The Balaban J connectivity index is 1.91. The molecule has 2 heteroatoms. The molecule has 4 rings (SSSR count). The van der Waals surface area contributed by atoms with Crippen LogP contribution in [0.4, 0.5) is 4.39 Å². The fourth-order valence-corrected chi connectivity index (χ4v) is 2.91. The number of pyridine rings is 1. The molecule has 120 valence electrons. The summed E-state index contributed by atoms with van der Waals surface area (Å²) in [6, 6.07) is 30.8. The largest absolute Gasteiger partial charge is 0.247 e. The van der Waals surface area contributed by atoms with Gasteiger partial charge >= 0.3 is 0 Å². The van der Waals surface area contributed by atoms with Crippen LogP contribution in [0.25, 0.3) is 33.6 Å². The third kappa shape index (κ3) is 3.20. The van der Waals surface area contributed by atoms with Gasteiger partial charge in [-0.3, -0.25) is 0 Å². The zero-order valence-electron chi connectivity index (χ0n) is 13.6. The summed E-state index contributed by atoms with van der Waals surface area (Å²) in [7, 11) is 0. The van der Waals surface area contributed by atoms with E-state index < -0.39 is 0 Å². The highest BCUT2D eigenvalue weighted by Gasteiger charge is 2.11. The van der Waals surface area contributed by atoms with Gasteiger partial charge in [-0.1, -0.05) is 78.9 Å². The van der Waals surface area contributed by atoms with Crippen LogP contribution in [0.2, 0.25) is 0 Å². The van der Waals surface area contributed by atoms with Crippen LogP contribution in [0.3, 0.4) is 0 Å². The number of nitrogens with zero attached hydrogens (tertiary/aromatic N) is 1. The number of rotatable bonds is 3. The number of hydrogen-bond acceptors (Lipinski definition) is 1. The van der Waals surface area contributed by atoms with Gasteiger partial charge in [0.15, 0.2) is 0 Å². The van der Waals surface area contributed by atoms with Crippen LogP contribution in [-0.4, -0.2) is 4.98 Å². The van der Waals surface area contributed by atoms with Crippen LogP contribution in [0.5, 0.6) is 0 Å². The van der Waals surface area contributed by atoms with Crippen LogP contribution in [0.15, 0.2) is 97.1 Å². The minimum absolute atomic E-state index is 0.237. The molecule has 0 spiro atoms. The first-order chi connectivity index (χ1) is 12.3. The van der Waals surface area contributed by atoms with Crippen LogP contribution in [-0.2, 0) is 0 Å². The quantitative estimate of drug-likeness (QED) is 0.435. The molecule has 0 amide bonds. The van der Waals surface area contributed by atoms with Crippen molar-refractivity contribution < 1.29 is 4.39 Å². The molecule has 1 nitrogen and oxygen atoms in total. The highest BCUT2D eigenvalue weighted by Crippen LogP contribution is 2.33. The van der Waals surface area contributed by atoms with E-state index in [2.05, 4.69) is 18.2 Å². The van der Waals surface area contributed by atoms with Crippen molar-refractivity contribution in [2.45, 2.75) is 0 Å². The van der Waals surface area contributed by atoms with Gasteiger partial charge in [-0.2, -0.15) is 0 Å². The normalized spacial score (nSPS) is 10.6. The Bertz CT molecular complexity index is 977. The first-order valence-electron chi connectivity index (χ1n) is 8.19. The van der Waals surface area contributed by atoms with Gasteiger partial charge in [-0.05, 0) is 23.8 Å². The molecule has 0 atom stereocenters. The second-order valence-electron chi connectivity index (χ2n) is 5.83. The van der Waals surface area contributed by atoms with Gasteiger partial charge in [-0.25, -0.2) is 9.37 Å². The molecule has 3 aromatic carbocycles. The Morgan fingerprint density at radius 3 is 1.76 bits per heavy atom. The van der Waals surface area contributed by atoms with Gasteiger partial charge < -0.3 is 0 Å². The number of aromatic nitrogens is 1. The van der Waals surface area contributed by atoms with Crippen molar-refractivity contribution in [2.75, 3.05) is 0 Å². The minimum atomic E-state index is -0.237. The summed E-state index contributed by atoms with van der Waals surface area (Å²) in [6.07, 6.45) is 0. The Hall–Kier alpha value is -3.26. The third-order valence-electron chi connectivity index (χ3n) is 4.17. The van der Waals surface area contributed by atoms with Crippen LogP contribution >= 0.6 is 0 Å². The molecule has 1 heterocycles. The van der Waals surface area contributed by atoms with E-state index in [1.54, 1.807) is 12.1 Å². The fourth-order valence-electron chi connectivity index (χ4n) is 2.91. The van der Waals surface area contributed by atoms with Crippen molar-refractivity contribution in [2.24, 2.45) is 0 Å². The summed E-state index contributed by atoms with van der Waals surface area (Å²) in [6.45, 7) is 0. The molecular weight excluding hydrogens is 309 g/mol. The Morgan fingerprint density at radius 2 is 1.12 bits per heavy atom. The van der Waals surface area contributed by atoms with Gasteiger partial charge in [0, 0.05) is 16.7 Å². The average Bonchev–Trinajstić information content (AvgIpc) is 2.70. The molecule has 0 unspecified atom stereocenters. The van der Waals surface area contributed by atoms with E-state index in [4.69, 9.17) is 4.98 Å². The van der Waals surface area contributed by atoms with Crippen molar-refractivity contribution in [1.29, 1.82) is 0 Å². The van der Waals surface area contributed by atoms with E-state index >= 15 is 0 Å². The summed E-state index contributed by atoms with van der Waals surface area (Å²) in [5, 5.41) is 0. The lowest BCUT2D eigenvalue weighted by Gasteiger charge is -2.12. The molecule has 0 saturated heterocycles. The van der Waals surface area contributed by atoms with Gasteiger partial charge in [0.1, 0.15) is 5.82 Å². The van der Waals surface area contributed by atoms with Crippen molar-refractivity contribution >= 4 is 0 Å². The number of halogens is 1. The van der Waals surface area contributed by atoms with Crippen molar-refractivity contribution in [1.82, 2.24) is 4.98 Å². The van der Waals surface area contributed by atoms with E-state index in [0.717, 1.165) is 33.6 Å². The second kappa shape index (κ2) is 6.70. The monoisotopic (exact) mass is 325 g/mol. The summed E-state index contributed by atoms with van der Waals surface area (Å²) >= 11 is 0. The molecule has 25 heavy (non-hydrogen) atoms. The van der Waals surface area contributed by atoms with E-state index in [9.17, 15) is 4.39 Å². The Morgan fingerprint density at radius 1 is 0.520 bits per heavy atom. The maximum absolute atomic E-state index is 13.3. The van der Waals surface area contributed by atoms with Gasteiger partial charge in [0.25, 0.3) is 0 Å². The van der Waals surface area contributed by atoms with Gasteiger partial charge in [0.05, 0.1) is 11.4 Å². The lowest BCUT2D eigenvalue weighted by molar-refractivity contribution is 0.628. The zero-order chi connectivity index (χ0) is 17.1. The third-order valence-corrected chi connectivity index (χ3v) is 4.17. The van der Waals surface area contributed by atoms with Gasteiger partial charge in [0.2, 0.25) is 0 Å². The molecule has 0 N–H and O–H groups in total. The summed E-state index contributed by atoms with van der Waals surface area (Å²) < 4.78 is 13.3. The summed E-state index contributed by atoms with van der Waals surface area (Å²) in [5.41, 5.74) is 5.88. The number of benzene rings is 3. The molecule has 0 aliphatic carbocycles. The predicted molar refractivity (Wildman–Crippen MR) is 101 cm³/mol. The molecule has 4 aromatic rings. The van der Waals surface area contributed by atoms with E-state index in [1.807, 2.05) is 54.6 Å². The highest BCUT2D eigenvalue weighted by atomic mass is 19.1. The minimum Gasteiger partial charge on any atom is -0.247 e. The molecule has 0 aliphatic rings. The Labute approximate surface area is 146 Å². The first kappa shape index (κ1) is 15.3. The molecule has 0 radical (unpaired) electrons. The van der Waals surface area contributed by atoms with Gasteiger partial charge in [-0.15, -0.1) is 0 Å².